The van der Waals surface area contributed by atoms with Crippen molar-refractivity contribution in [2.75, 3.05) is 25.1 Å². The van der Waals surface area contributed by atoms with E-state index in [4.69, 9.17) is 14.2 Å². The second-order valence-electron chi connectivity index (χ2n) is 6.78. The molecule has 2 aliphatic rings. The third-order valence-electron chi connectivity index (χ3n) is 4.47. The van der Waals surface area contributed by atoms with Crippen LogP contribution in [0.3, 0.4) is 0 Å². The van der Waals surface area contributed by atoms with Gasteiger partial charge in [-0.1, -0.05) is 12.1 Å². The summed E-state index contributed by atoms with van der Waals surface area (Å²) >= 11 is 0. The summed E-state index contributed by atoms with van der Waals surface area (Å²) in [5, 5.41) is 5.50. The van der Waals surface area contributed by atoms with Crippen molar-refractivity contribution < 1.29 is 28.6 Å². The lowest BCUT2D eigenvalue weighted by atomic mass is 10.1. The molecular weight excluding hydrogens is 376 g/mol. The molecule has 2 aromatic rings. The van der Waals surface area contributed by atoms with Crippen LogP contribution in [0.5, 0.6) is 11.5 Å². The number of anilines is 1. The van der Waals surface area contributed by atoms with E-state index in [0.29, 0.717) is 36.0 Å². The van der Waals surface area contributed by atoms with Gasteiger partial charge in [0.05, 0.1) is 16.8 Å². The molecule has 0 atom stereocenters. The second kappa shape index (κ2) is 8.22. The standard InChI is InChI=1S/C21H20N2O6/c24-19(23-16-4-2-1-3-15(16)20(25)22-14-6-7-14)12-29-21(26)13-5-8-17-18(11-13)28-10-9-27-17/h1-5,8,11,14H,6-7,9-10,12H2,(H,22,25)(H,23,24). The lowest BCUT2D eigenvalue weighted by molar-refractivity contribution is -0.119. The number of ether oxygens (including phenoxy) is 3. The maximum Gasteiger partial charge on any atom is 0.338 e. The molecule has 0 saturated heterocycles. The molecular formula is C21H20N2O6. The molecule has 150 valence electrons. The fourth-order valence-corrected chi connectivity index (χ4v) is 2.85. The number of amides is 2. The summed E-state index contributed by atoms with van der Waals surface area (Å²) in [5.41, 5.74) is 0.989. The first-order valence-corrected chi connectivity index (χ1v) is 9.36. The van der Waals surface area contributed by atoms with Gasteiger partial charge in [-0.3, -0.25) is 9.59 Å². The van der Waals surface area contributed by atoms with Crippen LogP contribution in [0, 0.1) is 0 Å². The van der Waals surface area contributed by atoms with Crippen LogP contribution in [0.1, 0.15) is 33.6 Å². The number of rotatable bonds is 6. The third kappa shape index (κ3) is 4.66. The predicted octanol–water partition coefficient (Wildman–Crippen LogP) is 2.15. The molecule has 0 radical (unpaired) electrons. The van der Waals surface area contributed by atoms with Crippen molar-refractivity contribution in [2.45, 2.75) is 18.9 Å². The van der Waals surface area contributed by atoms with Crippen LogP contribution in [0.25, 0.3) is 0 Å². The van der Waals surface area contributed by atoms with Gasteiger partial charge in [-0.25, -0.2) is 4.79 Å². The molecule has 1 saturated carbocycles. The normalized spacial score (nSPS) is 14.6. The van der Waals surface area contributed by atoms with Gasteiger partial charge in [0, 0.05) is 6.04 Å². The molecule has 8 heteroatoms. The average Bonchev–Trinajstić information content (AvgIpc) is 3.56. The minimum atomic E-state index is -0.656. The molecule has 1 aliphatic carbocycles. The first-order chi connectivity index (χ1) is 14.1. The van der Waals surface area contributed by atoms with Crippen molar-refractivity contribution in [1.29, 1.82) is 0 Å². The maximum absolute atomic E-state index is 12.3. The Morgan fingerprint density at radius 2 is 1.76 bits per heavy atom. The number of para-hydroxylation sites is 1. The quantitative estimate of drug-likeness (QED) is 0.726. The summed E-state index contributed by atoms with van der Waals surface area (Å²) in [6.45, 7) is 0.380. The van der Waals surface area contributed by atoms with Crippen molar-refractivity contribution in [1.82, 2.24) is 5.32 Å². The fourth-order valence-electron chi connectivity index (χ4n) is 2.85. The zero-order valence-electron chi connectivity index (χ0n) is 15.6. The molecule has 0 unspecified atom stereocenters. The number of carbonyl (C=O) groups is 3. The molecule has 2 amide bonds. The van der Waals surface area contributed by atoms with Gasteiger partial charge in [0.1, 0.15) is 13.2 Å². The minimum absolute atomic E-state index is 0.207. The first kappa shape index (κ1) is 18.8. The minimum Gasteiger partial charge on any atom is -0.486 e. The van der Waals surface area contributed by atoms with Crippen LogP contribution >= 0.6 is 0 Å². The van der Waals surface area contributed by atoms with Crippen LogP contribution in [0.2, 0.25) is 0 Å². The van der Waals surface area contributed by atoms with Gasteiger partial charge in [-0.2, -0.15) is 0 Å². The zero-order valence-corrected chi connectivity index (χ0v) is 15.6. The van der Waals surface area contributed by atoms with E-state index in [9.17, 15) is 14.4 Å². The highest BCUT2D eigenvalue weighted by molar-refractivity contribution is 6.04. The Labute approximate surface area is 167 Å². The maximum atomic E-state index is 12.3. The van der Waals surface area contributed by atoms with Crippen molar-refractivity contribution in [2.24, 2.45) is 0 Å². The number of nitrogens with one attached hydrogen (secondary N) is 2. The van der Waals surface area contributed by atoms with Gasteiger partial charge >= 0.3 is 5.97 Å². The number of hydrogen-bond acceptors (Lipinski definition) is 6. The summed E-state index contributed by atoms with van der Waals surface area (Å²) in [7, 11) is 0. The molecule has 1 fully saturated rings. The molecule has 1 aliphatic heterocycles. The van der Waals surface area contributed by atoms with Crippen LogP contribution in [-0.4, -0.2) is 43.6 Å². The molecule has 0 bridgehead atoms. The lowest BCUT2D eigenvalue weighted by Gasteiger charge is -2.18. The van der Waals surface area contributed by atoms with Crippen LogP contribution < -0.4 is 20.1 Å². The van der Waals surface area contributed by atoms with E-state index in [1.165, 1.54) is 6.07 Å². The first-order valence-electron chi connectivity index (χ1n) is 9.36. The highest BCUT2D eigenvalue weighted by Crippen LogP contribution is 2.31. The molecule has 1 heterocycles. The molecule has 4 rings (SSSR count). The van der Waals surface area contributed by atoms with Gasteiger partial charge in [-0.05, 0) is 43.2 Å². The van der Waals surface area contributed by atoms with Crippen LogP contribution in [0.15, 0.2) is 42.5 Å². The smallest absolute Gasteiger partial charge is 0.338 e. The van der Waals surface area contributed by atoms with Crippen LogP contribution in [0.4, 0.5) is 5.69 Å². The fraction of sp³-hybridized carbons (Fsp3) is 0.286. The zero-order chi connectivity index (χ0) is 20.2. The highest BCUT2D eigenvalue weighted by Gasteiger charge is 2.25. The Kier molecular flexibility index (Phi) is 5.33. The summed E-state index contributed by atoms with van der Waals surface area (Å²) in [5.74, 6) is -0.409. The Morgan fingerprint density at radius 1 is 1.00 bits per heavy atom. The summed E-state index contributed by atoms with van der Waals surface area (Å²) in [4.78, 5) is 36.7. The lowest BCUT2D eigenvalue weighted by Crippen LogP contribution is -2.28. The van der Waals surface area contributed by atoms with Crippen molar-refractivity contribution in [3.63, 3.8) is 0 Å². The number of hydrogen-bond donors (Lipinski definition) is 2. The Hall–Kier alpha value is -3.55. The summed E-state index contributed by atoms with van der Waals surface area (Å²) in [6.07, 6.45) is 1.94. The number of fused-ring (bicyclic) bond motifs is 1. The third-order valence-corrected chi connectivity index (χ3v) is 4.47. The second-order valence-corrected chi connectivity index (χ2v) is 6.78. The van der Waals surface area contributed by atoms with Gasteiger partial charge in [0.25, 0.3) is 11.8 Å². The van der Waals surface area contributed by atoms with Gasteiger partial charge in [0.15, 0.2) is 18.1 Å². The largest absolute Gasteiger partial charge is 0.486 e. The molecule has 0 spiro atoms. The average molecular weight is 396 g/mol. The van der Waals surface area contributed by atoms with E-state index in [0.717, 1.165) is 12.8 Å². The van der Waals surface area contributed by atoms with E-state index >= 15 is 0 Å². The van der Waals surface area contributed by atoms with Crippen molar-refractivity contribution in [3.8, 4) is 11.5 Å². The monoisotopic (exact) mass is 396 g/mol. The number of esters is 1. The van der Waals surface area contributed by atoms with Gasteiger partial charge in [0.2, 0.25) is 0 Å². The summed E-state index contributed by atoms with van der Waals surface area (Å²) in [6, 6.07) is 11.6. The molecule has 29 heavy (non-hydrogen) atoms. The van der Waals surface area contributed by atoms with E-state index in [2.05, 4.69) is 10.6 Å². The topological polar surface area (TPSA) is 103 Å². The molecule has 2 N–H and O–H groups in total. The van der Waals surface area contributed by atoms with E-state index in [1.54, 1.807) is 36.4 Å². The summed E-state index contributed by atoms with van der Waals surface area (Å²) < 4.78 is 15.9. The Balaban J connectivity index is 1.34. The van der Waals surface area contributed by atoms with Gasteiger partial charge < -0.3 is 24.8 Å². The van der Waals surface area contributed by atoms with E-state index in [1.807, 2.05) is 0 Å². The predicted molar refractivity (Wildman–Crippen MR) is 103 cm³/mol. The molecule has 0 aromatic heterocycles. The number of benzene rings is 2. The Morgan fingerprint density at radius 3 is 2.55 bits per heavy atom. The number of carbonyl (C=O) groups excluding carboxylic acids is 3. The van der Waals surface area contributed by atoms with Crippen LogP contribution in [-0.2, 0) is 9.53 Å². The molecule has 8 nitrogen and oxygen atoms in total. The van der Waals surface area contributed by atoms with Crippen molar-refractivity contribution >= 4 is 23.5 Å². The van der Waals surface area contributed by atoms with E-state index in [-0.39, 0.29) is 17.5 Å². The van der Waals surface area contributed by atoms with E-state index < -0.39 is 18.5 Å². The molecule has 2 aromatic carbocycles. The highest BCUT2D eigenvalue weighted by atomic mass is 16.6. The van der Waals surface area contributed by atoms with Gasteiger partial charge in [-0.15, -0.1) is 0 Å². The SMILES string of the molecule is O=C(COC(=O)c1ccc2c(c1)OCCO2)Nc1ccccc1C(=O)NC1CC1. The Bertz CT molecular complexity index is 954. The van der Waals surface area contributed by atoms with Crippen molar-refractivity contribution in [3.05, 3.63) is 53.6 Å².